The number of nitro groups is 2. The molecule has 0 unspecified atom stereocenters. The maximum absolute atomic E-state index is 13.5. The topological polar surface area (TPSA) is 152 Å². The molecule has 4 aromatic rings. The van der Waals surface area contributed by atoms with E-state index in [0.717, 1.165) is 35.0 Å². The van der Waals surface area contributed by atoms with Crippen LogP contribution in [0.5, 0.6) is 17.2 Å². The monoisotopic (exact) mass is 561 g/mol. The summed E-state index contributed by atoms with van der Waals surface area (Å²) in [6, 6.07) is 12.1. The highest BCUT2D eigenvalue weighted by Crippen LogP contribution is 2.35. The van der Waals surface area contributed by atoms with Crippen LogP contribution in [0.4, 0.5) is 21.5 Å². The average molecular weight is 562 g/mol. The lowest BCUT2D eigenvalue weighted by Crippen LogP contribution is -2.14. The molecule has 1 N–H and O–H groups in total. The van der Waals surface area contributed by atoms with Gasteiger partial charge in [0.05, 0.1) is 26.6 Å². The number of anilines is 1. The minimum Gasteiger partial charge on any atom is -0.464 e. The first-order chi connectivity index (χ1) is 18.1. The summed E-state index contributed by atoms with van der Waals surface area (Å²) in [4.78, 5) is 33.8. The number of amides is 1. The van der Waals surface area contributed by atoms with Crippen LogP contribution in [-0.2, 0) is 6.73 Å². The number of hydrogen-bond donors (Lipinski definition) is 1. The number of halogens is 3. The van der Waals surface area contributed by atoms with E-state index in [4.69, 9.17) is 32.7 Å². The molecule has 3 aromatic carbocycles. The molecule has 0 aliphatic rings. The molecule has 0 spiro atoms. The third-order valence-corrected chi connectivity index (χ3v) is 5.36. The van der Waals surface area contributed by atoms with Gasteiger partial charge in [0.15, 0.2) is 12.4 Å². The minimum absolute atomic E-state index is 0.0225. The van der Waals surface area contributed by atoms with Crippen molar-refractivity contribution in [2.45, 2.75) is 6.73 Å². The van der Waals surface area contributed by atoms with E-state index in [9.17, 15) is 29.4 Å². The largest absolute Gasteiger partial charge is 0.464 e. The Bertz CT molecular complexity index is 1560. The normalized spacial score (nSPS) is 10.6. The Morgan fingerprint density at radius 2 is 1.79 bits per heavy atom. The Labute approximate surface area is 222 Å². The van der Waals surface area contributed by atoms with Crippen molar-refractivity contribution >= 4 is 46.2 Å². The van der Waals surface area contributed by atoms with Crippen molar-refractivity contribution < 1.29 is 28.5 Å². The van der Waals surface area contributed by atoms with Crippen LogP contribution in [-0.4, -0.2) is 25.5 Å². The molecule has 1 aromatic heterocycles. The first-order valence-electron chi connectivity index (χ1n) is 10.4. The number of ether oxygens (including phenoxy) is 2. The zero-order chi connectivity index (χ0) is 27.4. The number of nitro benzene ring substituents is 2. The molecule has 0 saturated heterocycles. The maximum atomic E-state index is 13.5. The summed E-state index contributed by atoms with van der Waals surface area (Å²) in [6.45, 7) is -0.367. The van der Waals surface area contributed by atoms with Gasteiger partial charge in [-0.1, -0.05) is 23.2 Å². The van der Waals surface area contributed by atoms with Crippen LogP contribution >= 0.6 is 23.2 Å². The number of benzene rings is 3. The number of aromatic nitrogens is 2. The van der Waals surface area contributed by atoms with Crippen LogP contribution in [0.2, 0.25) is 10.0 Å². The molecule has 0 saturated carbocycles. The van der Waals surface area contributed by atoms with Crippen LogP contribution in [0.3, 0.4) is 0 Å². The molecule has 0 aliphatic carbocycles. The lowest BCUT2D eigenvalue weighted by atomic mass is 10.2. The van der Waals surface area contributed by atoms with E-state index in [0.29, 0.717) is 5.02 Å². The summed E-state index contributed by atoms with van der Waals surface area (Å²) < 4.78 is 25.5. The Balaban J connectivity index is 1.49. The van der Waals surface area contributed by atoms with Crippen molar-refractivity contribution in [2.75, 3.05) is 5.32 Å². The Morgan fingerprint density at radius 1 is 1.00 bits per heavy atom. The fourth-order valence-electron chi connectivity index (χ4n) is 3.14. The number of rotatable bonds is 9. The van der Waals surface area contributed by atoms with E-state index in [-0.39, 0.29) is 46.1 Å². The van der Waals surface area contributed by atoms with Gasteiger partial charge in [0.25, 0.3) is 11.6 Å². The van der Waals surface area contributed by atoms with Gasteiger partial charge in [0, 0.05) is 35.5 Å². The van der Waals surface area contributed by atoms with Crippen molar-refractivity contribution in [1.29, 1.82) is 0 Å². The Hall–Kier alpha value is -4.75. The Kier molecular flexibility index (Phi) is 7.69. The van der Waals surface area contributed by atoms with E-state index in [1.54, 1.807) is 0 Å². The molecule has 1 heterocycles. The van der Waals surface area contributed by atoms with Gasteiger partial charge in [-0.15, -0.1) is 0 Å². The molecular formula is C23H14Cl2FN5O7. The highest BCUT2D eigenvalue weighted by Gasteiger charge is 2.18. The summed E-state index contributed by atoms with van der Waals surface area (Å²) in [7, 11) is 0. The SMILES string of the molecule is O=C(Nc1cc(Oc2ccc(Cl)cc2Cl)cc([N+](=O)[O-])c1)c1ccn(COc2cc(F)ccc2[N+](=O)[O-])n1. The van der Waals surface area contributed by atoms with Crippen molar-refractivity contribution in [3.05, 3.63) is 109 Å². The second-order valence-corrected chi connectivity index (χ2v) is 8.33. The van der Waals surface area contributed by atoms with Crippen molar-refractivity contribution in [2.24, 2.45) is 0 Å². The molecule has 4 rings (SSSR count). The molecule has 38 heavy (non-hydrogen) atoms. The van der Waals surface area contributed by atoms with Gasteiger partial charge >= 0.3 is 5.69 Å². The summed E-state index contributed by atoms with van der Waals surface area (Å²) in [5.74, 6) is -1.57. The van der Waals surface area contributed by atoms with Crippen LogP contribution in [0.1, 0.15) is 10.5 Å². The molecule has 0 radical (unpaired) electrons. The molecule has 194 valence electrons. The second kappa shape index (κ2) is 11.1. The van der Waals surface area contributed by atoms with Gasteiger partial charge < -0.3 is 14.8 Å². The third kappa shape index (κ3) is 6.32. The van der Waals surface area contributed by atoms with Crippen molar-refractivity contribution in [3.63, 3.8) is 0 Å². The van der Waals surface area contributed by atoms with Gasteiger partial charge in [-0.3, -0.25) is 25.0 Å². The van der Waals surface area contributed by atoms with Crippen LogP contribution in [0, 0.1) is 26.0 Å². The zero-order valence-electron chi connectivity index (χ0n) is 18.8. The molecular weight excluding hydrogens is 548 g/mol. The lowest BCUT2D eigenvalue weighted by Gasteiger charge is -2.10. The Morgan fingerprint density at radius 3 is 2.50 bits per heavy atom. The van der Waals surface area contributed by atoms with Gasteiger partial charge in [0.2, 0.25) is 5.75 Å². The molecule has 0 aliphatic heterocycles. The molecule has 0 atom stereocenters. The quantitative estimate of drug-likeness (QED) is 0.186. The summed E-state index contributed by atoms with van der Waals surface area (Å²) in [5, 5.41) is 29.5. The van der Waals surface area contributed by atoms with Crippen LogP contribution < -0.4 is 14.8 Å². The number of non-ortho nitro benzene ring substituents is 1. The van der Waals surface area contributed by atoms with Crippen molar-refractivity contribution in [1.82, 2.24) is 9.78 Å². The lowest BCUT2D eigenvalue weighted by molar-refractivity contribution is -0.386. The number of carbonyl (C=O) groups excluding carboxylic acids is 1. The molecule has 0 fully saturated rings. The fourth-order valence-corrected chi connectivity index (χ4v) is 3.59. The predicted octanol–water partition coefficient (Wildman–Crippen LogP) is 6.23. The van der Waals surface area contributed by atoms with Gasteiger partial charge in [0.1, 0.15) is 17.3 Å². The van der Waals surface area contributed by atoms with E-state index in [2.05, 4.69) is 10.4 Å². The molecule has 12 nitrogen and oxygen atoms in total. The third-order valence-electron chi connectivity index (χ3n) is 4.83. The minimum atomic E-state index is -0.732. The summed E-state index contributed by atoms with van der Waals surface area (Å²) >= 11 is 12.0. The summed E-state index contributed by atoms with van der Waals surface area (Å²) in [6.07, 6.45) is 1.35. The van der Waals surface area contributed by atoms with Gasteiger partial charge in [-0.25, -0.2) is 9.07 Å². The number of hydrogen-bond acceptors (Lipinski definition) is 8. The van der Waals surface area contributed by atoms with Crippen LogP contribution in [0.25, 0.3) is 0 Å². The highest BCUT2D eigenvalue weighted by molar-refractivity contribution is 6.35. The number of carbonyl (C=O) groups is 1. The molecule has 15 heteroatoms. The van der Waals surface area contributed by atoms with E-state index < -0.39 is 27.3 Å². The molecule has 1 amide bonds. The zero-order valence-corrected chi connectivity index (χ0v) is 20.4. The number of nitrogens with zero attached hydrogens (tertiary/aromatic N) is 4. The first kappa shape index (κ1) is 26.3. The van der Waals surface area contributed by atoms with Gasteiger partial charge in [-0.05, 0) is 30.3 Å². The van der Waals surface area contributed by atoms with Crippen molar-refractivity contribution in [3.8, 4) is 17.2 Å². The number of nitrogens with one attached hydrogen (secondary N) is 1. The van der Waals surface area contributed by atoms with E-state index in [1.807, 2.05) is 0 Å². The smallest absolute Gasteiger partial charge is 0.311 e. The van der Waals surface area contributed by atoms with E-state index >= 15 is 0 Å². The average Bonchev–Trinajstić information content (AvgIpc) is 3.33. The fraction of sp³-hybridized carbons (Fsp3) is 0.0435. The first-order valence-corrected chi connectivity index (χ1v) is 11.2. The molecule has 0 bridgehead atoms. The maximum Gasteiger partial charge on any atom is 0.311 e. The standard InChI is InChI=1S/C23H14Cl2FN5O7/c24-13-1-4-21(18(25)7-13)38-17-10-15(9-16(11-17)30(33)34)27-23(32)19-5-6-29(28-19)12-37-22-8-14(26)2-3-20(22)31(35)36/h1-11H,12H2,(H,27,32). The predicted molar refractivity (Wildman–Crippen MR) is 133 cm³/mol. The van der Waals surface area contributed by atoms with E-state index in [1.165, 1.54) is 36.5 Å². The van der Waals surface area contributed by atoms with Gasteiger partial charge in [-0.2, -0.15) is 5.10 Å². The summed E-state index contributed by atoms with van der Waals surface area (Å²) in [5.41, 5.74) is -0.874. The second-order valence-electron chi connectivity index (χ2n) is 7.49. The highest BCUT2D eigenvalue weighted by atomic mass is 35.5. The van der Waals surface area contributed by atoms with Crippen LogP contribution in [0.15, 0.2) is 66.9 Å².